The Morgan fingerprint density at radius 3 is 2.88 bits per heavy atom. The summed E-state index contributed by atoms with van der Waals surface area (Å²) >= 11 is 1.38. The summed E-state index contributed by atoms with van der Waals surface area (Å²) in [5.74, 6) is 0.220. The standard InChI is InChI=1S/C15H19N5O3S/c1-8(2)16-15(22)20-5-4-10-12(7-20)24-14(17-10)18-13(21)11-6-9(3)23-19-11/h6,8H,4-5,7H2,1-3H3,(H,16,22)(H,17,18,21). The molecule has 9 heteroatoms. The smallest absolute Gasteiger partial charge is 0.317 e. The SMILES string of the molecule is Cc1cc(C(=O)Nc2nc3c(s2)CN(C(=O)NC(C)C)CC3)no1. The molecular formula is C15H19N5O3S. The summed E-state index contributed by atoms with van der Waals surface area (Å²) in [5.41, 5.74) is 1.15. The van der Waals surface area contributed by atoms with E-state index in [1.807, 2.05) is 13.8 Å². The Kier molecular flexibility index (Phi) is 4.52. The van der Waals surface area contributed by atoms with Gasteiger partial charge in [0.25, 0.3) is 5.91 Å². The summed E-state index contributed by atoms with van der Waals surface area (Å²) < 4.78 is 4.90. The van der Waals surface area contributed by atoms with Gasteiger partial charge in [-0.1, -0.05) is 16.5 Å². The summed E-state index contributed by atoms with van der Waals surface area (Å²) in [6, 6.07) is 1.59. The molecule has 0 radical (unpaired) electrons. The molecular weight excluding hydrogens is 330 g/mol. The summed E-state index contributed by atoms with van der Waals surface area (Å²) in [6.45, 7) is 6.71. The van der Waals surface area contributed by atoms with E-state index < -0.39 is 0 Å². The van der Waals surface area contributed by atoms with Crippen LogP contribution in [-0.4, -0.2) is 39.6 Å². The van der Waals surface area contributed by atoms with Gasteiger partial charge in [0.15, 0.2) is 10.8 Å². The summed E-state index contributed by atoms with van der Waals surface area (Å²) in [7, 11) is 0. The molecule has 2 aromatic rings. The molecule has 0 atom stereocenters. The van der Waals surface area contributed by atoms with Gasteiger partial charge in [-0.3, -0.25) is 10.1 Å². The normalized spacial score (nSPS) is 13.8. The van der Waals surface area contributed by atoms with Gasteiger partial charge in [0, 0.05) is 30.0 Å². The van der Waals surface area contributed by atoms with Gasteiger partial charge in [-0.05, 0) is 20.8 Å². The maximum absolute atomic E-state index is 12.1. The second-order valence-corrected chi connectivity index (χ2v) is 7.03. The van der Waals surface area contributed by atoms with Crippen LogP contribution in [0, 0.1) is 6.92 Å². The minimum absolute atomic E-state index is 0.0762. The van der Waals surface area contributed by atoms with E-state index in [1.54, 1.807) is 17.9 Å². The lowest BCUT2D eigenvalue weighted by Gasteiger charge is -2.27. The zero-order valence-electron chi connectivity index (χ0n) is 13.8. The van der Waals surface area contributed by atoms with E-state index >= 15 is 0 Å². The van der Waals surface area contributed by atoms with E-state index in [1.165, 1.54) is 11.3 Å². The number of amides is 3. The zero-order valence-corrected chi connectivity index (χ0v) is 14.6. The average molecular weight is 349 g/mol. The molecule has 1 aliphatic heterocycles. The van der Waals surface area contributed by atoms with Crippen molar-refractivity contribution in [2.75, 3.05) is 11.9 Å². The molecule has 3 amide bonds. The third kappa shape index (κ3) is 3.56. The van der Waals surface area contributed by atoms with Crippen LogP contribution in [0.5, 0.6) is 0 Å². The van der Waals surface area contributed by atoms with Gasteiger partial charge in [0.1, 0.15) is 5.76 Å². The van der Waals surface area contributed by atoms with E-state index in [0.29, 0.717) is 30.4 Å². The molecule has 3 heterocycles. The predicted octanol–water partition coefficient (Wildman–Crippen LogP) is 2.17. The van der Waals surface area contributed by atoms with Crippen molar-refractivity contribution in [1.29, 1.82) is 0 Å². The topological polar surface area (TPSA) is 100 Å². The van der Waals surface area contributed by atoms with E-state index in [0.717, 1.165) is 10.6 Å². The fourth-order valence-electron chi connectivity index (χ4n) is 2.40. The number of carbonyl (C=O) groups excluding carboxylic acids is 2. The lowest BCUT2D eigenvalue weighted by atomic mass is 10.2. The summed E-state index contributed by atoms with van der Waals surface area (Å²) in [6.07, 6.45) is 0.677. The number of thiazole rings is 1. The van der Waals surface area contributed by atoms with Crippen LogP contribution in [0.25, 0.3) is 0 Å². The van der Waals surface area contributed by atoms with Crippen molar-refractivity contribution in [3.8, 4) is 0 Å². The van der Waals surface area contributed by atoms with E-state index in [2.05, 4.69) is 20.8 Å². The first-order valence-electron chi connectivity index (χ1n) is 7.71. The Bertz CT molecular complexity index is 767. The van der Waals surface area contributed by atoms with Crippen LogP contribution in [0.4, 0.5) is 9.93 Å². The monoisotopic (exact) mass is 349 g/mol. The molecule has 0 aromatic carbocycles. The van der Waals surface area contributed by atoms with Gasteiger partial charge < -0.3 is 14.7 Å². The number of hydrogen-bond acceptors (Lipinski definition) is 6. The van der Waals surface area contributed by atoms with Crippen molar-refractivity contribution in [2.24, 2.45) is 0 Å². The first kappa shape index (κ1) is 16.4. The fraction of sp³-hybridized carbons (Fsp3) is 0.467. The van der Waals surface area contributed by atoms with Crippen molar-refractivity contribution in [3.05, 3.63) is 28.1 Å². The van der Waals surface area contributed by atoms with Crippen LogP contribution in [0.1, 0.15) is 40.7 Å². The van der Waals surface area contributed by atoms with Gasteiger partial charge in [-0.25, -0.2) is 9.78 Å². The second-order valence-electron chi connectivity index (χ2n) is 5.94. The number of carbonyl (C=O) groups is 2. The van der Waals surface area contributed by atoms with Crippen molar-refractivity contribution < 1.29 is 14.1 Å². The Labute approximate surface area is 143 Å². The lowest BCUT2D eigenvalue weighted by molar-refractivity contribution is 0.101. The molecule has 0 fully saturated rings. The van der Waals surface area contributed by atoms with Gasteiger partial charge in [-0.15, -0.1) is 0 Å². The highest BCUT2D eigenvalue weighted by molar-refractivity contribution is 7.15. The molecule has 0 aliphatic carbocycles. The van der Waals surface area contributed by atoms with Gasteiger partial charge in [-0.2, -0.15) is 0 Å². The maximum atomic E-state index is 12.1. The Morgan fingerprint density at radius 1 is 1.42 bits per heavy atom. The maximum Gasteiger partial charge on any atom is 0.317 e. The molecule has 2 aromatic heterocycles. The van der Waals surface area contributed by atoms with E-state index in [9.17, 15) is 9.59 Å². The molecule has 8 nitrogen and oxygen atoms in total. The van der Waals surface area contributed by atoms with Crippen molar-refractivity contribution in [1.82, 2.24) is 20.4 Å². The lowest BCUT2D eigenvalue weighted by Crippen LogP contribution is -2.44. The highest BCUT2D eigenvalue weighted by Gasteiger charge is 2.25. The first-order valence-corrected chi connectivity index (χ1v) is 8.52. The largest absolute Gasteiger partial charge is 0.361 e. The first-order chi connectivity index (χ1) is 11.4. The fourth-order valence-corrected chi connectivity index (χ4v) is 3.41. The van der Waals surface area contributed by atoms with Crippen LogP contribution in [-0.2, 0) is 13.0 Å². The highest BCUT2D eigenvalue weighted by atomic mass is 32.1. The molecule has 0 unspecified atom stereocenters. The minimum atomic E-state index is -0.354. The van der Waals surface area contributed by atoms with E-state index in [-0.39, 0.29) is 23.7 Å². The number of rotatable bonds is 3. The third-order valence-corrected chi connectivity index (χ3v) is 4.51. The van der Waals surface area contributed by atoms with Crippen LogP contribution in [0.3, 0.4) is 0 Å². The van der Waals surface area contributed by atoms with Crippen molar-refractivity contribution >= 4 is 28.4 Å². The van der Waals surface area contributed by atoms with E-state index in [4.69, 9.17) is 4.52 Å². The zero-order chi connectivity index (χ0) is 17.3. The quantitative estimate of drug-likeness (QED) is 0.884. The number of anilines is 1. The molecule has 0 saturated heterocycles. The summed E-state index contributed by atoms with van der Waals surface area (Å²) in [5, 5.41) is 9.82. The average Bonchev–Trinajstić information content (AvgIpc) is 3.11. The predicted molar refractivity (Wildman–Crippen MR) is 89.1 cm³/mol. The molecule has 0 spiro atoms. The number of hydrogen-bond donors (Lipinski definition) is 2. The van der Waals surface area contributed by atoms with Crippen molar-refractivity contribution in [2.45, 2.75) is 39.8 Å². The van der Waals surface area contributed by atoms with Crippen LogP contribution in [0.15, 0.2) is 10.6 Å². The highest BCUT2D eigenvalue weighted by Crippen LogP contribution is 2.28. The number of aromatic nitrogens is 2. The molecule has 1 aliphatic rings. The Morgan fingerprint density at radius 2 is 2.21 bits per heavy atom. The summed E-state index contributed by atoms with van der Waals surface area (Å²) in [4.78, 5) is 31.4. The Hall–Kier alpha value is -2.42. The number of nitrogens with one attached hydrogen (secondary N) is 2. The number of fused-ring (bicyclic) bond motifs is 1. The number of aryl methyl sites for hydroxylation is 1. The molecule has 2 N–H and O–H groups in total. The third-order valence-electron chi connectivity index (χ3n) is 3.51. The van der Waals surface area contributed by atoms with Gasteiger partial charge in [0.05, 0.1) is 12.2 Å². The van der Waals surface area contributed by atoms with Crippen LogP contribution in [0.2, 0.25) is 0 Å². The molecule has 0 saturated carbocycles. The van der Waals surface area contributed by atoms with Crippen LogP contribution >= 0.6 is 11.3 Å². The molecule has 3 rings (SSSR count). The Balaban J connectivity index is 1.67. The number of nitrogens with zero attached hydrogens (tertiary/aromatic N) is 3. The van der Waals surface area contributed by atoms with Crippen molar-refractivity contribution in [3.63, 3.8) is 0 Å². The van der Waals surface area contributed by atoms with Crippen LogP contribution < -0.4 is 10.6 Å². The van der Waals surface area contributed by atoms with Gasteiger partial charge >= 0.3 is 6.03 Å². The second kappa shape index (κ2) is 6.60. The molecule has 128 valence electrons. The number of urea groups is 1. The molecule has 0 bridgehead atoms. The van der Waals surface area contributed by atoms with Gasteiger partial charge in [0.2, 0.25) is 0 Å². The molecule has 24 heavy (non-hydrogen) atoms. The minimum Gasteiger partial charge on any atom is -0.361 e.